The van der Waals surface area contributed by atoms with Gasteiger partial charge in [0.15, 0.2) is 0 Å². The van der Waals surface area contributed by atoms with E-state index in [1.807, 2.05) is 0 Å². The summed E-state index contributed by atoms with van der Waals surface area (Å²) in [5.74, 6) is 1.56. The zero-order chi connectivity index (χ0) is 11.0. The Morgan fingerprint density at radius 3 is 2.88 bits per heavy atom. The van der Waals surface area contributed by atoms with E-state index in [4.69, 9.17) is 4.84 Å². The van der Waals surface area contributed by atoms with Crippen molar-refractivity contribution in [3.05, 3.63) is 35.9 Å². The van der Waals surface area contributed by atoms with Crippen molar-refractivity contribution in [2.45, 2.75) is 32.4 Å². The maximum atomic E-state index is 5.83. The molecular formula is C14H19NO. The fraction of sp³-hybridized carbons (Fsp3) is 0.571. The Morgan fingerprint density at radius 2 is 2.06 bits per heavy atom. The molecule has 1 saturated carbocycles. The van der Waals surface area contributed by atoms with E-state index in [0.717, 1.165) is 25.0 Å². The summed E-state index contributed by atoms with van der Waals surface area (Å²) in [4.78, 5) is 5.83. The predicted octanol–water partition coefficient (Wildman–Crippen LogP) is 2.85. The summed E-state index contributed by atoms with van der Waals surface area (Å²) >= 11 is 0. The number of benzene rings is 1. The Bertz CT molecular complexity index is 351. The minimum Gasteiger partial charge on any atom is -0.298 e. The van der Waals surface area contributed by atoms with Crippen LogP contribution in [0, 0.1) is 11.8 Å². The van der Waals surface area contributed by atoms with E-state index in [1.54, 1.807) is 0 Å². The third kappa shape index (κ3) is 1.76. The molecule has 2 nitrogen and oxygen atoms in total. The molecule has 2 heteroatoms. The van der Waals surface area contributed by atoms with Crippen LogP contribution in [-0.2, 0) is 11.4 Å². The van der Waals surface area contributed by atoms with Crippen molar-refractivity contribution in [2.75, 3.05) is 6.61 Å². The average Bonchev–Trinajstić information content (AvgIpc) is 2.86. The van der Waals surface area contributed by atoms with E-state index in [1.165, 1.54) is 18.4 Å². The van der Waals surface area contributed by atoms with E-state index in [9.17, 15) is 0 Å². The van der Waals surface area contributed by atoms with E-state index in [2.05, 4.69) is 42.3 Å². The molecular weight excluding hydrogens is 198 g/mol. The first-order chi connectivity index (χ1) is 7.84. The highest BCUT2D eigenvalue weighted by molar-refractivity contribution is 5.14. The first-order valence-electron chi connectivity index (χ1n) is 6.28. The van der Waals surface area contributed by atoms with Gasteiger partial charge in [-0.2, -0.15) is 5.06 Å². The monoisotopic (exact) mass is 217 g/mol. The van der Waals surface area contributed by atoms with Gasteiger partial charge in [0.1, 0.15) is 0 Å². The molecule has 2 fully saturated rings. The molecule has 2 aliphatic rings. The SMILES string of the molecule is C[C@H]1CC[C@@H]2CON(Cc3ccccc3)[C@@H]21. The molecule has 0 unspecified atom stereocenters. The van der Waals surface area contributed by atoms with E-state index in [0.29, 0.717) is 6.04 Å². The summed E-state index contributed by atoms with van der Waals surface area (Å²) in [5.41, 5.74) is 1.35. The molecule has 16 heavy (non-hydrogen) atoms. The second-order valence-corrected chi connectivity index (χ2v) is 5.16. The maximum Gasteiger partial charge on any atom is 0.0729 e. The van der Waals surface area contributed by atoms with Gasteiger partial charge in [-0.05, 0) is 24.3 Å². The predicted molar refractivity (Wildman–Crippen MR) is 63.6 cm³/mol. The molecule has 1 aliphatic heterocycles. The molecule has 1 saturated heterocycles. The smallest absolute Gasteiger partial charge is 0.0729 e. The van der Waals surface area contributed by atoms with Crippen molar-refractivity contribution in [1.82, 2.24) is 5.06 Å². The second kappa shape index (κ2) is 4.19. The van der Waals surface area contributed by atoms with E-state index in [-0.39, 0.29) is 0 Å². The van der Waals surface area contributed by atoms with Crippen LogP contribution in [0.25, 0.3) is 0 Å². The highest BCUT2D eigenvalue weighted by Crippen LogP contribution is 2.40. The fourth-order valence-corrected chi connectivity index (χ4v) is 3.18. The molecule has 0 aromatic heterocycles. The van der Waals surface area contributed by atoms with Gasteiger partial charge in [-0.3, -0.25) is 4.84 Å². The lowest BCUT2D eigenvalue weighted by atomic mass is 10.00. The van der Waals surface area contributed by atoms with Gasteiger partial charge in [0.25, 0.3) is 0 Å². The number of fused-ring (bicyclic) bond motifs is 1. The molecule has 1 aliphatic carbocycles. The Morgan fingerprint density at radius 1 is 1.25 bits per heavy atom. The van der Waals surface area contributed by atoms with Gasteiger partial charge in [-0.1, -0.05) is 37.3 Å². The zero-order valence-corrected chi connectivity index (χ0v) is 9.80. The largest absolute Gasteiger partial charge is 0.298 e. The Kier molecular flexibility index (Phi) is 2.70. The lowest BCUT2D eigenvalue weighted by Gasteiger charge is -2.25. The third-order valence-electron chi connectivity index (χ3n) is 4.03. The Balaban J connectivity index is 1.72. The number of hydroxylamine groups is 2. The van der Waals surface area contributed by atoms with Crippen LogP contribution in [-0.4, -0.2) is 17.7 Å². The topological polar surface area (TPSA) is 12.5 Å². The summed E-state index contributed by atoms with van der Waals surface area (Å²) in [6, 6.07) is 11.3. The molecule has 86 valence electrons. The Labute approximate surface area is 97.2 Å². The summed E-state index contributed by atoms with van der Waals surface area (Å²) in [6.45, 7) is 4.23. The summed E-state index contributed by atoms with van der Waals surface area (Å²) in [5, 5.41) is 2.22. The van der Waals surface area contributed by atoms with Gasteiger partial charge >= 0.3 is 0 Å². The van der Waals surface area contributed by atoms with Crippen molar-refractivity contribution in [2.24, 2.45) is 11.8 Å². The number of hydrogen-bond donors (Lipinski definition) is 0. The minimum absolute atomic E-state index is 0.653. The second-order valence-electron chi connectivity index (χ2n) is 5.16. The van der Waals surface area contributed by atoms with Crippen molar-refractivity contribution in [1.29, 1.82) is 0 Å². The van der Waals surface area contributed by atoms with Gasteiger partial charge in [0, 0.05) is 18.5 Å². The van der Waals surface area contributed by atoms with E-state index >= 15 is 0 Å². The minimum atomic E-state index is 0.653. The first kappa shape index (κ1) is 10.3. The highest BCUT2D eigenvalue weighted by atomic mass is 16.7. The van der Waals surface area contributed by atoms with Gasteiger partial charge in [-0.25, -0.2) is 0 Å². The molecule has 0 bridgehead atoms. The third-order valence-corrected chi connectivity index (χ3v) is 4.03. The fourth-order valence-electron chi connectivity index (χ4n) is 3.18. The van der Waals surface area contributed by atoms with Crippen LogP contribution in [0.15, 0.2) is 30.3 Å². The Hall–Kier alpha value is -0.860. The van der Waals surface area contributed by atoms with Gasteiger partial charge in [0.05, 0.1) is 6.61 Å². The summed E-state index contributed by atoms with van der Waals surface area (Å²) in [6.07, 6.45) is 2.71. The highest BCUT2D eigenvalue weighted by Gasteiger charge is 2.43. The molecule has 3 rings (SSSR count). The lowest BCUT2D eigenvalue weighted by Crippen LogP contribution is -2.32. The molecule has 1 aromatic carbocycles. The molecule has 0 radical (unpaired) electrons. The van der Waals surface area contributed by atoms with Gasteiger partial charge < -0.3 is 0 Å². The van der Waals surface area contributed by atoms with Crippen molar-refractivity contribution >= 4 is 0 Å². The van der Waals surface area contributed by atoms with Gasteiger partial charge in [-0.15, -0.1) is 0 Å². The molecule has 0 spiro atoms. The van der Waals surface area contributed by atoms with Crippen LogP contribution >= 0.6 is 0 Å². The molecule has 3 atom stereocenters. The van der Waals surface area contributed by atoms with Crippen LogP contribution in [0.3, 0.4) is 0 Å². The van der Waals surface area contributed by atoms with Crippen molar-refractivity contribution < 1.29 is 4.84 Å². The molecule has 1 aromatic rings. The molecule has 0 N–H and O–H groups in total. The summed E-state index contributed by atoms with van der Waals surface area (Å²) < 4.78 is 0. The average molecular weight is 217 g/mol. The molecule has 0 amide bonds. The quantitative estimate of drug-likeness (QED) is 0.755. The van der Waals surface area contributed by atoms with Crippen LogP contribution in [0.4, 0.5) is 0 Å². The van der Waals surface area contributed by atoms with Crippen LogP contribution in [0.1, 0.15) is 25.3 Å². The van der Waals surface area contributed by atoms with Crippen LogP contribution < -0.4 is 0 Å². The zero-order valence-electron chi connectivity index (χ0n) is 9.80. The van der Waals surface area contributed by atoms with Crippen molar-refractivity contribution in [3.8, 4) is 0 Å². The number of hydrogen-bond acceptors (Lipinski definition) is 2. The first-order valence-corrected chi connectivity index (χ1v) is 6.28. The molecule has 1 heterocycles. The number of nitrogens with zero attached hydrogens (tertiary/aromatic N) is 1. The van der Waals surface area contributed by atoms with E-state index < -0.39 is 0 Å². The van der Waals surface area contributed by atoms with Crippen LogP contribution in [0.5, 0.6) is 0 Å². The summed E-state index contributed by atoms with van der Waals surface area (Å²) in [7, 11) is 0. The van der Waals surface area contributed by atoms with Crippen molar-refractivity contribution in [3.63, 3.8) is 0 Å². The number of rotatable bonds is 2. The standard InChI is InChI=1S/C14H19NO/c1-11-7-8-13-10-16-15(14(11)13)9-12-5-3-2-4-6-12/h2-6,11,13-14H,7-10H2,1H3/t11-,13+,14+/m0/s1. The van der Waals surface area contributed by atoms with Gasteiger partial charge in [0.2, 0.25) is 0 Å². The lowest BCUT2D eigenvalue weighted by molar-refractivity contribution is -0.147. The van der Waals surface area contributed by atoms with Crippen LogP contribution in [0.2, 0.25) is 0 Å². The normalized spacial score (nSPS) is 34.2. The maximum absolute atomic E-state index is 5.83.